The fourth-order valence-corrected chi connectivity index (χ4v) is 1.51. The largest absolute Gasteiger partial charge is 0.393 e. The van der Waals surface area contributed by atoms with E-state index in [2.05, 4.69) is 10.6 Å². The van der Waals surface area contributed by atoms with Gasteiger partial charge in [-0.1, -0.05) is 49.3 Å². The van der Waals surface area contributed by atoms with Crippen molar-refractivity contribution in [1.29, 1.82) is 0 Å². The first-order chi connectivity index (χ1) is 8.72. The Morgan fingerprint density at radius 3 is 2.53 bits per heavy atom. The molecule has 1 aromatic carbocycles. The number of amides is 2. The molecule has 0 unspecified atom stereocenters. The quantitative estimate of drug-likeness (QED) is 0.745. The van der Waals surface area contributed by atoms with E-state index in [0.29, 0.717) is 27.3 Å². The van der Waals surface area contributed by atoms with Crippen LogP contribution in [0.4, 0.5) is 10.5 Å². The van der Waals surface area contributed by atoms with Gasteiger partial charge in [-0.25, -0.2) is 4.79 Å². The Bertz CT molecular complexity index is 506. The maximum Gasteiger partial charge on any atom is 0.319 e. The van der Waals surface area contributed by atoms with Crippen molar-refractivity contribution in [3.05, 3.63) is 28.2 Å². The molecular formula is C12H15Cl2N3OS. The van der Waals surface area contributed by atoms with Crippen molar-refractivity contribution in [1.82, 2.24) is 5.32 Å². The zero-order valence-electron chi connectivity index (χ0n) is 10.6. The van der Waals surface area contributed by atoms with Gasteiger partial charge in [-0.3, -0.25) is 0 Å². The summed E-state index contributed by atoms with van der Waals surface area (Å²) in [5.74, 6) is 0. The van der Waals surface area contributed by atoms with Crippen molar-refractivity contribution < 1.29 is 4.79 Å². The summed E-state index contributed by atoms with van der Waals surface area (Å²) in [6.45, 7) is 4.05. The number of nitrogens with two attached hydrogens (primary N) is 1. The van der Waals surface area contributed by atoms with Gasteiger partial charge >= 0.3 is 6.03 Å². The monoisotopic (exact) mass is 319 g/mol. The van der Waals surface area contributed by atoms with Crippen LogP contribution in [-0.4, -0.2) is 17.6 Å². The first kappa shape index (κ1) is 16.0. The fourth-order valence-electron chi connectivity index (χ4n) is 1.14. The van der Waals surface area contributed by atoms with Crippen molar-refractivity contribution in [2.24, 2.45) is 11.1 Å². The number of benzene rings is 1. The van der Waals surface area contributed by atoms with Crippen LogP contribution in [0.15, 0.2) is 18.2 Å². The first-order valence-corrected chi connectivity index (χ1v) is 6.68. The van der Waals surface area contributed by atoms with Crippen LogP contribution in [0.25, 0.3) is 0 Å². The second kappa shape index (κ2) is 6.41. The van der Waals surface area contributed by atoms with Crippen LogP contribution in [0.1, 0.15) is 13.8 Å². The van der Waals surface area contributed by atoms with E-state index in [0.717, 1.165) is 0 Å². The van der Waals surface area contributed by atoms with Crippen LogP contribution >= 0.6 is 35.4 Å². The summed E-state index contributed by atoms with van der Waals surface area (Å²) in [6, 6.07) is 4.48. The maximum atomic E-state index is 11.7. The van der Waals surface area contributed by atoms with Crippen molar-refractivity contribution in [3.8, 4) is 0 Å². The minimum atomic E-state index is -0.440. The van der Waals surface area contributed by atoms with Gasteiger partial charge in [0.25, 0.3) is 0 Å². The Kier molecular flexibility index (Phi) is 5.40. The number of carbonyl (C=O) groups excluding carboxylic acids is 1. The second-order valence-electron chi connectivity index (χ2n) is 4.68. The average molecular weight is 320 g/mol. The van der Waals surface area contributed by atoms with Crippen LogP contribution in [0.3, 0.4) is 0 Å². The van der Waals surface area contributed by atoms with Crippen LogP contribution in [-0.2, 0) is 0 Å². The molecule has 0 bridgehead atoms. The molecule has 2 amide bonds. The lowest BCUT2D eigenvalue weighted by Crippen LogP contribution is -2.42. The molecule has 4 N–H and O–H groups in total. The SMILES string of the molecule is CC(C)(CNC(=O)Nc1ccc(Cl)c(Cl)c1)C(N)=S. The highest BCUT2D eigenvalue weighted by atomic mass is 35.5. The van der Waals surface area contributed by atoms with Crippen LogP contribution < -0.4 is 16.4 Å². The van der Waals surface area contributed by atoms with Crippen molar-refractivity contribution >= 4 is 52.1 Å². The number of nitrogens with one attached hydrogen (secondary N) is 2. The molecule has 104 valence electrons. The number of anilines is 1. The summed E-state index contributed by atoms with van der Waals surface area (Å²) in [7, 11) is 0. The number of rotatable bonds is 4. The van der Waals surface area contributed by atoms with Gasteiger partial charge in [0, 0.05) is 17.6 Å². The number of hydrogen-bond donors (Lipinski definition) is 3. The summed E-state index contributed by atoms with van der Waals surface area (Å²) in [6.07, 6.45) is 0. The summed E-state index contributed by atoms with van der Waals surface area (Å²) in [5.41, 5.74) is 5.69. The van der Waals surface area contributed by atoms with Gasteiger partial charge in [0.05, 0.1) is 15.0 Å². The molecule has 0 aliphatic carbocycles. The maximum absolute atomic E-state index is 11.7. The van der Waals surface area contributed by atoms with E-state index >= 15 is 0 Å². The number of carbonyl (C=O) groups is 1. The molecule has 0 aliphatic heterocycles. The molecule has 0 aromatic heterocycles. The third-order valence-corrected chi connectivity index (χ3v) is 3.83. The van der Waals surface area contributed by atoms with Gasteiger partial charge in [0.1, 0.15) is 0 Å². The summed E-state index contributed by atoms with van der Waals surface area (Å²) >= 11 is 16.6. The van der Waals surface area contributed by atoms with Crippen LogP contribution in [0.5, 0.6) is 0 Å². The van der Waals surface area contributed by atoms with Gasteiger partial charge in [-0.2, -0.15) is 0 Å². The van der Waals surface area contributed by atoms with E-state index in [4.69, 9.17) is 41.2 Å². The van der Waals surface area contributed by atoms with Gasteiger partial charge < -0.3 is 16.4 Å². The minimum absolute atomic E-state index is 0.343. The Hall–Kier alpha value is -1.04. The summed E-state index contributed by atoms with van der Waals surface area (Å²) in [5, 5.41) is 6.15. The summed E-state index contributed by atoms with van der Waals surface area (Å²) < 4.78 is 0. The Morgan fingerprint density at radius 1 is 1.37 bits per heavy atom. The highest BCUT2D eigenvalue weighted by Gasteiger charge is 2.22. The molecule has 0 atom stereocenters. The molecule has 1 rings (SSSR count). The normalized spacial score (nSPS) is 10.9. The standard InChI is InChI=1S/C12H15Cl2N3OS/c1-12(2,10(15)19)6-16-11(18)17-7-3-4-8(13)9(14)5-7/h3-5H,6H2,1-2H3,(H2,15,19)(H2,16,17,18). The third-order valence-electron chi connectivity index (χ3n) is 2.54. The zero-order chi connectivity index (χ0) is 14.6. The fraction of sp³-hybridized carbons (Fsp3) is 0.333. The van der Waals surface area contributed by atoms with Crippen LogP contribution in [0, 0.1) is 5.41 Å². The minimum Gasteiger partial charge on any atom is -0.393 e. The molecule has 0 heterocycles. The molecule has 0 radical (unpaired) electrons. The lowest BCUT2D eigenvalue weighted by molar-refractivity contribution is 0.249. The smallest absolute Gasteiger partial charge is 0.319 e. The molecule has 0 aliphatic rings. The third kappa shape index (κ3) is 4.86. The van der Waals surface area contributed by atoms with E-state index < -0.39 is 5.41 Å². The van der Waals surface area contributed by atoms with Crippen molar-refractivity contribution in [2.45, 2.75) is 13.8 Å². The molecule has 0 spiro atoms. The highest BCUT2D eigenvalue weighted by molar-refractivity contribution is 7.80. The predicted octanol–water partition coefficient (Wildman–Crippen LogP) is 3.43. The van der Waals surface area contributed by atoms with Gasteiger partial charge in [0.15, 0.2) is 0 Å². The number of urea groups is 1. The zero-order valence-corrected chi connectivity index (χ0v) is 12.9. The molecular weight excluding hydrogens is 305 g/mol. The lowest BCUT2D eigenvalue weighted by atomic mass is 9.94. The molecule has 19 heavy (non-hydrogen) atoms. The van der Waals surface area contributed by atoms with E-state index in [1.807, 2.05) is 13.8 Å². The first-order valence-electron chi connectivity index (χ1n) is 5.52. The van der Waals surface area contributed by atoms with E-state index in [1.54, 1.807) is 18.2 Å². The Labute approximate surface area is 127 Å². The molecule has 0 fully saturated rings. The topological polar surface area (TPSA) is 67.2 Å². The van der Waals surface area contributed by atoms with Crippen molar-refractivity contribution in [2.75, 3.05) is 11.9 Å². The Balaban J connectivity index is 2.56. The van der Waals surface area contributed by atoms with Crippen molar-refractivity contribution in [3.63, 3.8) is 0 Å². The average Bonchev–Trinajstić information content (AvgIpc) is 2.31. The molecule has 7 heteroatoms. The van der Waals surface area contributed by atoms with Crippen LogP contribution in [0.2, 0.25) is 10.0 Å². The van der Waals surface area contributed by atoms with E-state index in [9.17, 15) is 4.79 Å². The molecule has 4 nitrogen and oxygen atoms in total. The number of halogens is 2. The van der Waals surface area contributed by atoms with Gasteiger partial charge in [-0.05, 0) is 18.2 Å². The lowest BCUT2D eigenvalue weighted by Gasteiger charge is -2.23. The predicted molar refractivity (Wildman–Crippen MR) is 84.0 cm³/mol. The number of thiocarbonyl (C=S) groups is 1. The summed E-state index contributed by atoms with van der Waals surface area (Å²) in [4.78, 5) is 12.0. The van der Waals surface area contributed by atoms with E-state index in [-0.39, 0.29) is 6.03 Å². The molecule has 0 saturated heterocycles. The second-order valence-corrected chi connectivity index (χ2v) is 5.94. The Morgan fingerprint density at radius 2 is 2.00 bits per heavy atom. The van der Waals surface area contributed by atoms with E-state index in [1.165, 1.54) is 0 Å². The molecule has 0 saturated carbocycles. The molecule has 1 aromatic rings. The number of hydrogen-bond acceptors (Lipinski definition) is 2. The highest BCUT2D eigenvalue weighted by Crippen LogP contribution is 2.24. The van der Waals surface area contributed by atoms with Gasteiger partial charge in [-0.15, -0.1) is 0 Å². The van der Waals surface area contributed by atoms with Gasteiger partial charge in [0.2, 0.25) is 0 Å².